The van der Waals surface area contributed by atoms with Gasteiger partial charge < -0.3 is 0 Å². The summed E-state index contributed by atoms with van der Waals surface area (Å²) >= 11 is 0. The van der Waals surface area contributed by atoms with Crippen LogP contribution < -0.4 is 5.32 Å². The van der Waals surface area contributed by atoms with Crippen molar-refractivity contribution < 1.29 is 0 Å². The smallest absolute Gasteiger partial charge is 0.108 e. The molecule has 0 saturated heterocycles. The molecule has 0 amide bonds. The highest BCUT2D eigenvalue weighted by atomic mass is 15.2. The van der Waals surface area contributed by atoms with E-state index in [9.17, 15) is 0 Å². The summed E-state index contributed by atoms with van der Waals surface area (Å²) in [6, 6.07) is 3.49. The van der Waals surface area contributed by atoms with E-state index in [1.165, 1.54) is 19.3 Å². The number of hydrogen-bond donors (Lipinski definition) is 1. The fourth-order valence-corrected chi connectivity index (χ4v) is 2.05. The molecule has 0 spiro atoms. The van der Waals surface area contributed by atoms with E-state index >= 15 is 0 Å². The van der Waals surface area contributed by atoms with Crippen LogP contribution >= 0.6 is 0 Å². The van der Waals surface area contributed by atoms with E-state index in [1.807, 2.05) is 0 Å². The van der Waals surface area contributed by atoms with Crippen LogP contribution in [0.5, 0.6) is 0 Å². The van der Waals surface area contributed by atoms with Crippen molar-refractivity contribution in [3.8, 4) is 6.07 Å². The summed E-state index contributed by atoms with van der Waals surface area (Å²) < 4.78 is 0. The molecule has 0 aromatic rings. The highest BCUT2D eigenvalue weighted by Crippen LogP contribution is 2.27. The highest BCUT2D eigenvalue weighted by Gasteiger charge is 2.30. The van der Waals surface area contributed by atoms with Gasteiger partial charge in [-0.3, -0.25) is 10.2 Å². The summed E-state index contributed by atoms with van der Waals surface area (Å²) in [6.07, 6.45) is 3.87. The lowest BCUT2D eigenvalue weighted by Gasteiger charge is -2.26. The van der Waals surface area contributed by atoms with Crippen LogP contribution in [-0.4, -0.2) is 36.1 Å². The maximum Gasteiger partial charge on any atom is 0.108 e. The summed E-state index contributed by atoms with van der Waals surface area (Å²) in [6.45, 7) is 10.7. The van der Waals surface area contributed by atoms with Crippen LogP contribution in [0.2, 0.25) is 0 Å². The molecule has 0 aromatic heterocycles. The molecule has 0 bridgehead atoms. The van der Waals surface area contributed by atoms with Gasteiger partial charge in [-0.25, -0.2) is 0 Å². The van der Waals surface area contributed by atoms with Gasteiger partial charge in [-0.15, -0.1) is 0 Å². The second-order valence-corrected chi connectivity index (χ2v) is 5.91. The molecule has 1 rings (SSSR count). The van der Waals surface area contributed by atoms with Crippen molar-refractivity contribution in [2.45, 2.75) is 65.1 Å². The van der Waals surface area contributed by atoms with Crippen LogP contribution in [0.4, 0.5) is 0 Å². The Bertz CT molecular complexity index is 251. The molecule has 1 unspecified atom stereocenters. The fourth-order valence-electron chi connectivity index (χ4n) is 2.05. The van der Waals surface area contributed by atoms with E-state index < -0.39 is 0 Å². The molecule has 1 aliphatic carbocycles. The van der Waals surface area contributed by atoms with Crippen molar-refractivity contribution >= 4 is 0 Å². The third-order valence-electron chi connectivity index (χ3n) is 3.16. The molecule has 1 N–H and O–H groups in total. The van der Waals surface area contributed by atoms with Gasteiger partial charge in [0.15, 0.2) is 0 Å². The van der Waals surface area contributed by atoms with Crippen molar-refractivity contribution in [2.75, 3.05) is 13.1 Å². The minimum Gasteiger partial charge on any atom is -0.299 e. The van der Waals surface area contributed by atoms with Crippen LogP contribution in [0.3, 0.4) is 0 Å². The van der Waals surface area contributed by atoms with Gasteiger partial charge in [-0.1, -0.05) is 13.8 Å². The maximum absolute atomic E-state index is 9.16. The van der Waals surface area contributed by atoms with Gasteiger partial charge in [-0.05, 0) is 45.6 Å². The summed E-state index contributed by atoms with van der Waals surface area (Å²) in [5.74, 6) is 0.745. The third kappa shape index (κ3) is 6.05. The summed E-state index contributed by atoms with van der Waals surface area (Å²) in [5.41, 5.74) is 0. The number of hydrogen-bond acceptors (Lipinski definition) is 3. The molecule has 3 heteroatoms. The minimum absolute atomic E-state index is 0.0252. The quantitative estimate of drug-likeness (QED) is 0.704. The van der Waals surface area contributed by atoms with Gasteiger partial charge >= 0.3 is 0 Å². The second-order valence-electron chi connectivity index (χ2n) is 5.91. The van der Waals surface area contributed by atoms with Gasteiger partial charge in [0.25, 0.3) is 0 Å². The first-order valence-electron chi connectivity index (χ1n) is 6.92. The zero-order valence-electron chi connectivity index (χ0n) is 11.7. The first-order valence-corrected chi connectivity index (χ1v) is 6.92. The topological polar surface area (TPSA) is 39.1 Å². The molecule has 0 heterocycles. The molecule has 17 heavy (non-hydrogen) atoms. The average Bonchev–Trinajstić information content (AvgIpc) is 3.05. The Morgan fingerprint density at radius 1 is 1.29 bits per heavy atom. The number of nitriles is 1. The van der Waals surface area contributed by atoms with E-state index in [2.05, 4.69) is 44.0 Å². The zero-order valence-corrected chi connectivity index (χ0v) is 11.7. The normalized spacial score (nSPS) is 17.8. The largest absolute Gasteiger partial charge is 0.299 e. The first-order chi connectivity index (χ1) is 8.02. The van der Waals surface area contributed by atoms with Crippen molar-refractivity contribution in [1.29, 1.82) is 5.26 Å². The third-order valence-corrected chi connectivity index (χ3v) is 3.16. The average molecular weight is 237 g/mol. The van der Waals surface area contributed by atoms with E-state index in [0.717, 1.165) is 25.0 Å². The molecule has 1 fully saturated rings. The highest BCUT2D eigenvalue weighted by molar-refractivity contribution is 4.96. The molecule has 98 valence electrons. The van der Waals surface area contributed by atoms with Gasteiger partial charge in [0, 0.05) is 18.6 Å². The van der Waals surface area contributed by atoms with Crippen LogP contribution in [-0.2, 0) is 0 Å². The maximum atomic E-state index is 9.16. The number of nitrogens with one attached hydrogen (secondary N) is 1. The lowest BCUT2D eigenvalue weighted by atomic mass is 10.1. The van der Waals surface area contributed by atoms with E-state index in [0.29, 0.717) is 6.04 Å². The standard InChI is InChI=1S/C14H27N3/c1-11(2)7-8-17(14-5-6-14)10-13(9-15)16-12(3)4/h11-14,16H,5-8,10H2,1-4H3. The summed E-state index contributed by atoms with van der Waals surface area (Å²) in [5, 5.41) is 12.5. The monoisotopic (exact) mass is 237 g/mol. The van der Waals surface area contributed by atoms with Crippen LogP contribution in [0, 0.1) is 17.2 Å². The molecule has 0 aromatic carbocycles. The Morgan fingerprint density at radius 3 is 2.35 bits per heavy atom. The van der Waals surface area contributed by atoms with Gasteiger partial charge in [-0.2, -0.15) is 5.26 Å². The molecular formula is C14H27N3. The van der Waals surface area contributed by atoms with Crippen LogP contribution in [0.25, 0.3) is 0 Å². The fraction of sp³-hybridized carbons (Fsp3) is 0.929. The van der Waals surface area contributed by atoms with E-state index in [-0.39, 0.29) is 6.04 Å². The predicted octanol–water partition coefficient (Wildman–Crippen LogP) is 2.39. The molecule has 1 aliphatic rings. The Hall–Kier alpha value is -0.590. The molecule has 3 nitrogen and oxygen atoms in total. The zero-order chi connectivity index (χ0) is 12.8. The Labute approximate surface area is 106 Å². The molecule has 0 aliphatic heterocycles. The van der Waals surface area contributed by atoms with Gasteiger partial charge in [0.05, 0.1) is 6.07 Å². The second kappa shape index (κ2) is 6.98. The lowest BCUT2D eigenvalue weighted by molar-refractivity contribution is 0.231. The number of rotatable bonds is 8. The lowest BCUT2D eigenvalue weighted by Crippen LogP contribution is -2.44. The van der Waals surface area contributed by atoms with E-state index in [4.69, 9.17) is 5.26 Å². The summed E-state index contributed by atoms with van der Waals surface area (Å²) in [4.78, 5) is 2.50. The summed E-state index contributed by atoms with van der Waals surface area (Å²) in [7, 11) is 0. The Kier molecular flexibility index (Phi) is 5.94. The van der Waals surface area contributed by atoms with Crippen molar-refractivity contribution in [3.63, 3.8) is 0 Å². The first kappa shape index (κ1) is 14.5. The Balaban J connectivity index is 2.39. The van der Waals surface area contributed by atoms with Gasteiger partial charge in [0.2, 0.25) is 0 Å². The van der Waals surface area contributed by atoms with Crippen LogP contribution in [0.1, 0.15) is 47.0 Å². The number of nitrogens with zero attached hydrogens (tertiary/aromatic N) is 2. The minimum atomic E-state index is -0.0252. The van der Waals surface area contributed by atoms with Crippen molar-refractivity contribution in [1.82, 2.24) is 10.2 Å². The predicted molar refractivity (Wildman–Crippen MR) is 71.7 cm³/mol. The van der Waals surface area contributed by atoms with Gasteiger partial charge in [0.1, 0.15) is 6.04 Å². The SMILES string of the molecule is CC(C)CCN(CC(C#N)NC(C)C)C1CC1. The molecule has 1 saturated carbocycles. The Morgan fingerprint density at radius 2 is 1.94 bits per heavy atom. The molecule has 1 atom stereocenters. The van der Waals surface area contributed by atoms with Crippen molar-refractivity contribution in [3.05, 3.63) is 0 Å². The molecular weight excluding hydrogens is 210 g/mol. The molecule has 0 radical (unpaired) electrons. The van der Waals surface area contributed by atoms with Crippen LogP contribution in [0.15, 0.2) is 0 Å². The van der Waals surface area contributed by atoms with Crippen molar-refractivity contribution in [2.24, 2.45) is 5.92 Å². The van der Waals surface area contributed by atoms with E-state index in [1.54, 1.807) is 0 Å².